The third-order valence-corrected chi connectivity index (χ3v) is 4.38. The fourth-order valence-electron chi connectivity index (χ4n) is 3.02. The van der Waals surface area contributed by atoms with E-state index in [1.54, 1.807) is 27.7 Å². The van der Waals surface area contributed by atoms with Crippen LogP contribution in [0.15, 0.2) is 41.6 Å². The number of halogens is 1. The first-order valence-electron chi connectivity index (χ1n) is 7.88. The summed E-state index contributed by atoms with van der Waals surface area (Å²) in [4.78, 5) is 24.7. The van der Waals surface area contributed by atoms with Gasteiger partial charge in [0.25, 0.3) is 11.5 Å². The third-order valence-electron chi connectivity index (χ3n) is 4.38. The molecule has 1 fully saturated rings. The van der Waals surface area contributed by atoms with Gasteiger partial charge in [0.2, 0.25) is 0 Å². The summed E-state index contributed by atoms with van der Waals surface area (Å²) in [7, 11) is 0. The van der Waals surface area contributed by atoms with E-state index in [1.807, 2.05) is 19.2 Å². The molecule has 0 radical (unpaired) electrons. The summed E-state index contributed by atoms with van der Waals surface area (Å²) in [6.07, 6.45) is 6.55. The number of hydrogen-bond acceptors (Lipinski definition) is 4. The van der Waals surface area contributed by atoms with Gasteiger partial charge < -0.3 is 15.2 Å². The average molecular weight is 352 g/mol. The second-order valence-corrected chi connectivity index (χ2v) is 5.73. The quantitative estimate of drug-likeness (QED) is 0.867. The fraction of sp³-hybridized carbons (Fsp3) is 0.438. The van der Waals surface area contributed by atoms with Gasteiger partial charge in [0.15, 0.2) is 0 Å². The van der Waals surface area contributed by atoms with Crippen LogP contribution in [0.4, 0.5) is 5.69 Å². The van der Waals surface area contributed by atoms with Crippen molar-refractivity contribution in [2.45, 2.75) is 31.8 Å². The number of amides is 1. The third kappa shape index (κ3) is 3.37. The minimum Gasteiger partial charge on any atom is -0.323 e. The number of aryl methyl sites for hydroxylation is 1. The van der Waals surface area contributed by atoms with Gasteiger partial charge in [-0.15, -0.1) is 12.4 Å². The van der Waals surface area contributed by atoms with E-state index in [0.717, 1.165) is 13.1 Å². The minimum atomic E-state index is -0.693. The van der Waals surface area contributed by atoms with E-state index >= 15 is 0 Å². The number of aromatic nitrogens is 3. The Balaban J connectivity index is 0.00000208. The number of pyridine rings is 1. The van der Waals surface area contributed by atoms with E-state index in [2.05, 4.69) is 15.7 Å². The molecule has 1 amide bonds. The molecular weight excluding hydrogens is 330 g/mol. The Labute approximate surface area is 146 Å². The van der Waals surface area contributed by atoms with Crippen LogP contribution in [0.5, 0.6) is 0 Å². The Morgan fingerprint density at radius 3 is 2.75 bits per heavy atom. The highest BCUT2D eigenvalue weighted by molar-refractivity contribution is 5.96. The number of nitrogens with zero attached hydrogens (tertiary/aromatic N) is 3. The molecule has 1 saturated heterocycles. The van der Waals surface area contributed by atoms with Crippen LogP contribution in [0.1, 0.15) is 19.8 Å². The summed E-state index contributed by atoms with van der Waals surface area (Å²) in [6, 6.07) is 4.95. The molecule has 130 valence electrons. The molecule has 2 aromatic rings. The first kappa shape index (κ1) is 18.2. The summed E-state index contributed by atoms with van der Waals surface area (Å²) >= 11 is 0. The van der Waals surface area contributed by atoms with Gasteiger partial charge in [-0.05, 0) is 45.0 Å². The SMILES string of the molecule is CCn1cc(NC(=O)C2(n3cccn3)CCNCC2)ccc1=O.Cl. The molecule has 0 spiro atoms. The van der Waals surface area contributed by atoms with E-state index in [0.29, 0.717) is 25.1 Å². The lowest BCUT2D eigenvalue weighted by Crippen LogP contribution is -2.52. The summed E-state index contributed by atoms with van der Waals surface area (Å²) in [5.41, 5.74) is -0.141. The molecule has 1 aliphatic heterocycles. The number of hydrogen-bond donors (Lipinski definition) is 2. The first-order chi connectivity index (χ1) is 11.2. The molecule has 2 N–H and O–H groups in total. The summed E-state index contributed by atoms with van der Waals surface area (Å²) in [5.74, 6) is -0.0935. The van der Waals surface area contributed by atoms with Crippen molar-refractivity contribution in [3.05, 3.63) is 47.1 Å². The normalized spacial score (nSPS) is 16.2. The van der Waals surface area contributed by atoms with Gasteiger partial charge in [0.1, 0.15) is 5.54 Å². The molecular formula is C16H22ClN5O2. The highest BCUT2D eigenvalue weighted by Gasteiger charge is 2.42. The van der Waals surface area contributed by atoms with Gasteiger partial charge in [-0.25, -0.2) is 0 Å². The molecule has 0 aromatic carbocycles. The van der Waals surface area contributed by atoms with Gasteiger partial charge in [-0.2, -0.15) is 5.10 Å². The van der Waals surface area contributed by atoms with Crippen LogP contribution in [0, 0.1) is 0 Å². The van der Waals surface area contributed by atoms with Crippen LogP contribution in [-0.4, -0.2) is 33.3 Å². The number of carbonyl (C=O) groups excluding carboxylic acids is 1. The largest absolute Gasteiger partial charge is 0.323 e. The van der Waals surface area contributed by atoms with Crippen molar-refractivity contribution in [2.75, 3.05) is 18.4 Å². The minimum absolute atomic E-state index is 0. The van der Waals surface area contributed by atoms with Crippen molar-refractivity contribution in [3.8, 4) is 0 Å². The molecule has 24 heavy (non-hydrogen) atoms. The standard InChI is InChI=1S/C16H21N5O2.ClH/c1-2-20-12-13(4-5-14(20)22)19-15(23)16(6-9-17-10-7-16)21-11-3-8-18-21;/h3-5,8,11-12,17H,2,6-7,9-10H2,1H3,(H,19,23);1H. The van der Waals surface area contributed by atoms with Gasteiger partial charge in [0, 0.05) is 31.2 Å². The molecule has 7 nitrogen and oxygen atoms in total. The maximum atomic E-state index is 13.0. The monoisotopic (exact) mass is 351 g/mol. The van der Waals surface area contributed by atoms with E-state index in [1.165, 1.54) is 6.07 Å². The van der Waals surface area contributed by atoms with Crippen LogP contribution in [0.2, 0.25) is 0 Å². The molecule has 3 rings (SSSR count). The van der Waals surface area contributed by atoms with Crippen LogP contribution in [-0.2, 0) is 16.9 Å². The van der Waals surface area contributed by atoms with Crippen molar-refractivity contribution >= 4 is 24.0 Å². The molecule has 0 unspecified atom stereocenters. The number of anilines is 1. The Kier molecular flexibility index (Phi) is 5.80. The van der Waals surface area contributed by atoms with Crippen molar-refractivity contribution in [1.29, 1.82) is 0 Å². The van der Waals surface area contributed by atoms with E-state index in [-0.39, 0.29) is 23.9 Å². The maximum Gasteiger partial charge on any atom is 0.252 e. The molecule has 3 heterocycles. The number of rotatable bonds is 4. The molecule has 0 atom stereocenters. The lowest BCUT2D eigenvalue weighted by atomic mass is 9.87. The second kappa shape index (κ2) is 7.63. The Morgan fingerprint density at radius 2 is 2.12 bits per heavy atom. The summed E-state index contributed by atoms with van der Waals surface area (Å²) < 4.78 is 3.32. The van der Waals surface area contributed by atoms with Crippen LogP contribution in [0.3, 0.4) is 0 Å². The molecule has 0 saturated carbocycles. The van der Waals surface area contributed by atoms with E-state index < -0.39 is 5.54 Å². The maximum absolute atomic E-state index is 13.0. The van der Waals surface area contributed by atoms with Gasteiger partial charge in [-0.1, -0.05) is 0 Å². The van der Waals surface area contributed by atoms with Gasteiger partial charge in [0.05, 0.1) is 5.69 Å². The summed E-state index contributed by atoms with van der Waals surface area (Å²) in [5, 5.41) is 10.5. The number of carbonyl (C=O) groups is 1. The Bertz CT molecular complexity index is 735. The molecule has 8 heteroatoms. The number of nitrogens with one attached hydrogen (secondary N) is 2. The first-order valence-corrected chi connectivity index (χ1v) is 7.88. The van der Waals surface area contributed by atoms with Crippen molar-refractivity contribution in [2.24, 2.45) is 0 Å². The van der Waals surface area contributed by atoms with E-state index in [9.17, 15) is 9.59 Å². The molecule has 1 aliphatic rings. The molecule has 0 aliphatic carbocycles. The van der Waals surface area contributed by atoms with Crippen molar-refractivity contribution < 1.29 is 4.79 Å². The zero-order chi connectivity index (χ0) is 16.3. The van der Waals surface area contributed by atoms with Gasteiger partial charge in [-0.3, -0.25) is 14.3 Å². The fourth-order valence-corrected chi connectivity index (χ4v) is 3.02. The Morgan fingerprint density at radius 1 is 1.38 bits per heavy atom. The molecule has 2 aromatic heterocycles. The van der Waals surface area contributed by atoms with Crippen molar-refractivity contribution in [3.63, 3.8) is 0 Å². The van der Waals surface area contributed by atoms with Crippen molar-refractivity contribution in [1.82, 2.24) is 19.7 Å². The topological polar surface area (TPSA) is 81.0 Å². The second-order valence-electron chi connectivity index (χ2n) is 5.73. The predicted octanol–water partition coefficient (Wildman–Crippen LogP) is 1.20. The zero-order valence-electron chi connectivity index (χ0n) is 13.6. The van der Waals surface area contributed by atoms with E-state index in [4.69, 9.17) is 0 Å². The zero-order valence-corrected chi connectivity index (χ0v) is 14.4. The smallest absolute Gasteiger partial charge is 0.252 e. The lowest BCUT2D eigenvalue weighted by Gasteiger charge is -2.36. The average Bonchev–Trinajstić information content (AvgIpc) is 3.12. The summed E-state index contributed by atoms with van der Waals surface area (Å²) in [6.45, 7) is 3.99. The Hall–Kier alpha value is -2.12. The highest BCUT2D eigenvalue weighted by atomic mass is 35.5. The predicted molar refractivity (Wildman–Crippen MR) is 94.6 cm³/mol. The van der Waals surface area contributed by atoms with Crippen LogP contribution >= 0.6 is 12.4 Å². The number of piperidine rings is 1. The van der Waals surface area contributed by atoms with Gasteiger partial charge >= 0.3 is 0 Å². The van der Waals surface area contributed by atoms with Crippen LogP contribution in [0.25, 0.3) is 0 Å². The van der Waals surface area contributed by atoms with Crippen LogP contribution < -0.4 is 16.2 Å². The molecule has 0 bridgehead atoms. The lowest BCUT2D eigenvalue weighted by molar-refractivity contribution is -0.126. The highest BCUT2D eigenvalue weighted by Crippen LogP contribution is 2.28.